The number of hydrogen-bond acceptors (Lipinski definition) is 3. The van der Waals surface area contributed by atoms with E-state index >= 15 is 0 Å². The molecule has 0 N–H and O–H groups in total. The van der Waals surface area contributed by atoms with Gasteiger partial charge in [0.25, 0.3) is 10.0 Å². The van der Waals surface area contributed by atoms with Crippen LogP contribution in [0.5, 0.6) is 0 Å². The van der Waals surface area contributed by atoms with Gasteiger partial charge in [0.05, 0.1) is 22.7 Å². The third kappa shape index (κ3) is 4.02. The van der Waals surface area contributed by atoms with E-state index in [2.05, 4.69) is 39.9 Å². The molecule has 0 radical (unpaired) electrons. The van der Waals surface area contributed by atoms with Crippen LogP contribution in [0.2, 0.25) is 13.1 Å². The van der Waals surface area contributed by atoms with Gasteiger partial charge in [0.2, 0.25) is 0 Å². The van der Waals surface area contributed by atoms with E-state index in [1.54, 1.807) is 24.3 Å². The Hall–Kier alpha value is -1.89. The highest BCUT2D eigenvalue weighted by Gasteiger charge is 2.24. The molecule has 27 heavy (non-hydrogen) atoms. The number of nitrogens with zero attached hydrogens (tertiary/aromatic N) is 1. The first-order valence-corrected chi connectivity index (χ1v) is 13.4. The Morgan fingerprint density at radius 1 is 1.00 bits per heavy atom. The standard InChI is InChI=1S/C21H27NO3SSi/c1-21(2,3)17-11-12-20-16(13-17)14-18(15-25-27(4)5)22(20)26(23,24)19-9-7-6-8-10-19/h6-14,27H,15H2,1-5H3. The summed E-state index contributed by atoms with van der Waals surface area (Å²) < 4.78 is 34.1. The summed E-state index contributed by atoms with van der Waals surface area (Å²) in [6.07, 6.45) is 0. The van der Waals surface area contributed by atoms with E-state index < -0.39 is 19.1 Å². The molecule has 0 fully saturated rings. The molecule has 1 heterocycles. The maximum atomic E-state index is 13.4. The average Bonchev–Trinajstić information content (AvgIpc) is 2.98. The van der Waals surface area contributed by atoms with Gasteiger partial charge >= 0.3 is 0 Å². The van der Waals surface area contributed by atoms with E-state index in [1.807, 2.05) is 24.3 Å². The second-order valence-corrected chi connectivity index (χ2v) is 12.3. The van der Waals surface area contributed by atoms with Crippen molar-refractivity contribution >= 4 is 30.0 Å². The fourth-order valence-electron chi connectivity index (χ4n) is 3.05. The highest BCUT2D eigenvalue weighted by Crippen LogP contribution is 2.31. The number of rotatable bonds is 5. The van der Waals surface area contributed by atoms with Crippen molar-refractivity contribution in [1.82, 2.24) is 3.97 Å². The first-order chi connectivity index (χ1) is 12.6. The minimum Gasteiger partial charge on any atom is -0.415 e. The van der Waals surface area contributed by atoms with E-state index in [1.165, 1.54) is 9.54 Å². The molecule has 0 unspecified atom stereocenters. The van der Waals surface area contributed by atoms with Gasteiger partial charge in [0.15, 0.2) is 9.04 Å². The van der Waals surface area contributed by atoms with E-state index in [-0.39, 0.29) is 10.3 Å². The third-order valence-corrected chi connectivity index (χ3v) is 7.15. The largest absolute Gasteiger partial charge is 0.415 e. The lowest BCUT2D eigenvalue weighted by molar-refractivity contribution is 0.308. The summed E-state index contributed by atoms with van der Waals surface area (Å²) in [4.78, 5) is 0.283. The third-order valence-electron chi connectivity index (χ3n) is 4.54. The summed E-state index contributed by atoms with van der Waals surface area (Å²) >= 11 is 0. The van der Waals surface area contributed by atoms with Gasteiger partial charge in [0.1, 0.15) is 0 Å². The van der Waals surface area contributed by atoms with Crippen molar-refractivity contribution in [3.8, 4) is 0 Å². The summed E-state index contributed by atoms with van der Waals surface area (Å²) in [5.74, 6) is 0. The van der Waals surface area contributed by atoms with Gasteiger partial charge in [-0.2, -0.15) is 0 Å². The Bertz CT molecular complexity index is 1050. The molecule has 3 aromatic rings. The summed E-state index contributed by atoms with van der Waals surface area (Å²) in [5.41, 5.74) is 2.53. The minimum atomic E-state index is -3.70. The van der Waals surface area contributed by atoms with Gasteiger partial charge in [-0.3, -0.25) is 0 Å². The van der Waals surface area contributed by atoms with Gasteiger partial charge in [-0.1, -0.05) is 45.0 Å². The van der Waals surface area contributed by atoms with Crippen molar-refractivity contribution in [1.29, 1.82) is 0 Å². The average molecular weight is 402 g/mol. The van der Waals surface area contributed by atoms with Gasteiger partial charge < -0.3 is 4.43 Å². The number of fused-ring (bicyclic) bond motifs is 1. The van der Waals surface area contributed by atoms with Crippen LogP contribution in [-0.2, 0) is 26.5 Å². The molecule has 0 spiro atoms. The van der Waals surface area contributed by atoms with Crippen molar-refractivity contribution < 1.29 is 12.8 Å². The summed E-state index contributed by atoms with van der Waals surface area (Å²) in [5, 5.41) is 0.922. The van der Waals surface area contributed by atoms with Gasteiger partial charge in [-0.25, -0.2) is 12.4 Å². The smallest absolute Gasteiger partial charge is 0.268 e. The zero-order valence-corrected chi connectivity index (χ0v) is 18.5. The van der Waals surface area contributed by atoms with Crippen LogP contribution in [0, 0.1) is 0 Å². The Morgan fingerprint density at radius 3 is 2.26 bits per heavy atom. The molecule has 0 saturated heterocycles. The molecule has 144 valence electrons. The quantitative estimate of drug-likeness (QED) is 0.584. The zero-order chi connectivity index (χ0) is 19.8. The Morgan fingerprint density at radius 2 is 1.67 bits per heavy atom. The minimum absolute atomic E-state index is 0.00386. The van der Waals surface area contributed by atoms with Crippen LogP contribution in [0.25, 0.3) is 10.9 Å². The molecular weight excluding hydrogens is 374 g/mol. The molecule has 0 amide bonds. The fraction of sp³-hybridized carbons (Fsp3) is 0.333. The number of hydrogen-bond donors (Lipinski definition) is 0. The van der Waals surface area contributed by atoms with Crippen LogP contribution in [-0.4, -0.2) is 21.4 Å². The highest BCUT2D eigenvalue weighted by molar-refractivity contribution is 7.90. The predicted octanol–water partition coefficient (Wildman–Crippen LogP) is 4.68. The first-order valence-electron chi connectivity index (χ1n) is 9.18. The van der Waals surface area contributed by atoms with Crippen molar-refractivity contribution in [3.05, 3.63) is 65.9 Å². The molecule has 0 atom stereocenters. The lowest BCUT2D eigenvalue weighted by Gasteiger charge is -2.19. The van der Waals surface area contributed by atoms with Crippen LogP contribution >= 0.6 is 0 Å². The first kappa shape index (κ1) is 19.9. The monoisotopic (exact) mass is 401 g/mol. The van der Waals surface area contributed by atoms with E-state index in [0.29, 0.717) is 17.8 Å². The summed E-state index contributed by atoms with van der Waals surface area (Å²) in [6.45, 7) is 10.9. The fourth-order valence-corrected chi connectivity index (χ4v) is 5.10. The molecule has 0 saturated carbocycles. The van der Waals surface area contributed by atoms with Crippen molar-refractivity contribution in [3.63, 3.8) is 0 Å². The number of aromatic nitrogens is 1. The Labute approximate surface area is 163 Å². The summed E-state index contributed by atoms with van der Waals surface area (Å²) in [6, 6.07) is 16.5. The molecule has 6 heteroatoms. The Balaban J connectivity index is 2.23. The lowest BCUT2D eigenvalue weighted by Crippen LogP contribution is -2.18. The maximum Gasteiger partial charge on any atom is 0.268 e. The molecule has 0 bridgehead atoms. The molecular formula is C21H27NO3SSi. The molecule has 3 rings (SSSR count). The topological polar surface area (TPSA) is 48.3 Å². The van der Waals surface area contributed by atoms with E-state index in [4.69, 9.17) is 4.43 Å². The van der Waals surface area contributed by atoms with Crippen LogP contribution in [0.15, 0.2) is 59.5 Å². The second-order valence-electron chi connectivity index (χ2n) is 8.10. The van der Waals surface area contributed by atoms with Crippen molar-refractivity contribution in [2.75, 3.05) is 0 Å². The molecule has 0 aliphatic carbocycles. The van der Waals surface area contributed by atoms with E-state index in [0.717, 1.165) is 5.39 Å². The molecule has 1 aromatic heterocycles. The van der Waals surface area contributed by atoms with Gasteiger partial charge in [-0.15, -0.1) is 0 Å². The molecule has 0 aliphatic heterocycles. The van der Waals surface area contributed by atoms with Crippen molar-refractivity contribution in [2.24, 2.45) is 0 Å². The molecule has 4 nitrogen and oxygen atoms in total. The Kier molecular flexibility index (Phi) is 5.34. The molecule has 2 aromatic carbocycles. The van der Waals surface area contributed by atoms with Crippen LogP contribution in [0.3, 0.4) is 0 Å². The van der Waals surface area contributed by atoms with Gasteiger partial charge in [0, 0.05) is 5.39 Å². The predicted molar refractivity (Wildman–Crippen MR) is 113 cm³/mol. The van der Waals surface area contributed by atoms with Crippen molar-refractivity contribution in [2.45, 2.75) is 50.8 Å². The lowest BCUT2D eigenvalue weighted by atomic mass is 9.86. The van der Waals surface area contributed by atoms with Gasteiger partial charge in [-0.05, 0) is 54.4 Å². The van der Waals surface area contributed by atoms with Crippen LogP contribution in [0.1, 0.15) is 32.0 Å². The SMILES string of the molecule is C[SiH](C)OCc1cc2cc(C(C)(C)C)ccc2n1S(=O)(=O)c1ccccc1. The molecule has 0 aliphatic rings. The van der Waals surface area contributed by atoms with Crippen LogP contribution < -0.4 is 0 Å². The normalized spacial score (nSPS) is 12.8. The highest BCUT2D eigenvalue weighted by atomic mass is 32.2. The number of benzene rings is 2. The van der Waals surface area contributed by atoms with E-state index in [9.17, 15) is 8.42 Å². The maximum absolute atomic E-state index is 13.4. The van der Waals surface area contributed by atoms with Crippen LogP contribution in [0.4, 0.5) is 0 Å². The second kappa shape index (κ2) is 7.26. The zero-order valence-electron chi connectivity index (χ0n) is 16.6. The summed E-state index contributed by atoms with van der Waals surface area (Å²) in [7, 11) is -4.98.